The molecule has 1 aliphatic heterocycles. The van der Waals surface area contributed by atoms with Gasteiger partial charge in [-0.15, -0.1) is 0 Å². The minimum Gasteiger partial charge on any atom is -0.466 e. The van der Waals surface area contributed by atoms with E-state index in [4.69, 9.17) is 9.47 Å². The molecule has 0 spiro atoms. The molecule has 0 unspecified atom stereocenters. The molecule has 0 fully saturated rings. The summed E-state index contributed by atoms with van der Waals surface area (Å²) in [7, 11) is 0. The Balaban J connectivity index is 1.80. The first kappa shape index (κ1) is 15.9. The van der Waals surface area contributed by atoms with E-state index in [0.717, 1.165) is 32.7 Å². The minimum absolute atomic E-state index is 0.403. The van der Waals surface area contributed by atoms with Crippen molar-refractivity contribution in [1.29, 1.82) is 0 Å². The van der Waals surface area contributed by atoms with Crippen LogP contribution in [0.25, 0.3) is 21.5 Å². The lowest BCUT2D eigenvalue weighted by Gasteiger charge is -2.35. The molecule has 4 aromatic rings. The van der Waals surface area contributed by atoms with Gasteiger partial charge in [0.1, 0.15) is 0 Å². The largest absolute Gasteiger partial charge is 0.466 e. The highest BCUT2D eigenvalue weighted by molar-refractivity contribution is 6.15. The molecule has 0 radical (unpaired) electrons. The molecule has 5 rings (SSSR count). The second-order valence-electron chi connectivity index (χ2n) is 7.14. The third-order valence-corrected chi connectivity index (χ3v) is 5.33. The molecule has 3 nitrogen and oxygen atoms in total. The summed E-state index contributed by atoms with van der Waals surface area (Å²) in [5.74, 6) is 0.713. The lowest BCUT2D eigenvalue weighted by atomic mass is 9.92. The summed E-state index contributed by atoms with van der Waals surface area (Å²) in [5, 5.41) is 3.95. The molecule has 132 valence electrons. The van der Waals surface area contributed by atoms with Crippen molar-refractivity contribution in [2.75, 3.05) is 0 Å². The van der Waals surface area contributed by atoms with Gasteiger partial charge in [-0.1, -0.05) is 78.4 Å². The predicted molar refractivity (Wildman–Crippen MR) is 106 cm³/mol. The summed E-state index contributed by atoms with van der Waals surface area (Å²) in [4.78, 5) is 13.0. The molecule has 0 aliphatic carbocycles. The van der Waals surface area contributed by atoms with Gasteiger partial charge in [0.15, 0.2) is 11.5 Å². The van der Waals surface area contributed by atoms with Crippen LogP contribution < -0.4 is 9.47 Å². The normalized spacial score (nSPS) is 18.8. The van der Waals surface area contributed by atoms with Crippen LogP contribution in [0.15, 0.2) is 72.8 Å². The number of carbonyl (C=O) groups is 1. The number of ether oxygens (including phenoxy) is 2. The molecule has 0 aromatic heterocycles. The van der Waals surface area contributed by atoms with E-state index in [9.17, 15) is 4.79 Å². The van der Waals surface area contributed by atoms with E-state index in [1.807, 2.05) is 73.7 Å². The minimum atomic E-state index is -1.19. The summed E-state index contributed by atoms with van der Waals surface area (Å²) < 4.78 is 12.3. The first-order chi connectivity index (χ1) is 13.1. The van der Waals surface area contributed by atoms with Crippen molar-refractivity contribution in [3.05, 3.63) is 83.9 Å². The number of fused-ring (bicyclic) bond motifs is 6. The Morgan fingerprint density at radius 1 is 0.704 bits per heavy atom. The van der Waals surface area contributed by atoms with Crippen LogP contribution in [0.2, 0.25) is 0 Å². The van der Waals surface area contributed by atoms with E-state index >= 15 is 0 Å². The monoisotopic (exact) mass is 354 g/mol. The highest BCUT2D eigenvalue weighted by atomic mass is 16.6. The van der Waals surface area contributed by atoms with E-state index in [1.165, 1.54) is 0 Å². The average molecular weight is 354 g/mol. The van der Waals surface area contributed by atoms with Gasteiger partial charge in [0.05, 0.1) is 0 Å². The molecule has 0 amide bonds. The Labute approximate surface area is 157 Å². The smallest absolute Gasteiger partial charge is 0.360 e. The molecule has 1 atom stereocenters. The van der Waals surface area contributed by atoms with Gasteiger partial charge in [-0.25, -0.2) is 4.79 Å². The summed E-state index contributed by atoms with van der Waals surface area (Å²) >= 11 is 0. The van der Waals surface area contributed by atoms with Crippen molar-refractivity contribution < 1.29 is 14.3 Å². The second kappa shape index (κ2) is 5.58. The van der Waals surface area contributed by atoms with E-state index in [1.54, 1.807) is 6.92 Å². The Bertz CT molecular complexity index is 1210. The van der Waals surface area contributed by atoms with Gasteiger partial charge in [-0.3, -0.25) is 0 Å². The molecule has 1 aliphatic rings. The van der Waals surface area contributed by atoms with Crippen molar-refractivity contribution in [2.45, 2.75) is 19.4 Å². The van der Waals surface area contributed by atoms with Crippen molar-refractivity contribution in [3.63, 3.8) is 0 Å². The maximum Gasteiger partial charge on any atom is 0.360 e. The van der Waals surface area contributed by atoms with Gasteiger partial charge in [-0.2, -0.15) is 0 Å². The van der Waals surface area contributed by atoms with Crippen molar-refractivity contribution >= 4 is 27.5 Å². The van der Waals surface area contributed by atoms with Crippen molar-refractivity contribution in [1.82, 2.24) is 0 Å². The second-order valence-corrected chi connectivity index (χ2v) is 7.14. The topological polar surface area (TPSA) is 35.5 Å². The molecule has 0 saturated heterocycles. The molecule has 0 bridgehead atoms. The lowest BCUT2D eigenvalue weighted by molar-refractivity contribution is -0.155. The number of esters is 1. The van der Waals surface area contributed by atoms with Crippen molar-refractivity contribution in [3.8, 4) is 11.5 Å². The van der Waals surface area contributed by atoms with Gasteiger partial charge >= 0.3 is 5.97 Å². The third-order valence-electron chi connectivity index (χ3n) is 5.33. The molecular formula is C24H18O3. The van der Waals surface area contributed by atoms with Gasteiger partial charge < -0.3 is 9.47 Å². The zero-order valence-corrected chi connectivity index (χ0v) is 15.2. The fourth-order valence-electron chi connectivity index (χ4n) is 3.76. The quantitative estimate of drug-likeness (QED) is 0.257. The van der Waals surface area contributed by atoms with Crippen LogP contribution in [-0.4, -0.2) is 5.97 Å². The molecule has 4 aromatic carbocycles. The lowest BCUT2D eigenvalue weighted by Crippen LogP contribution is -2.44. The standard InChI is InChI=1S/C24H18O3/c1-15-11-13-16(14-12-15)24(2)23(25)26-21-19-9-5-3-7-17(19)18-8-4-6-10-20(18)22(21)27-24/h3-14H,1-2H3/t24-/m1/s1. The number of aryl methyl sites for hydroxylation is 1. The average Bonchev–Trinajstić information content (AvgIpc) is 2.70. The number of carbonyl (C=O) groups excluding carboxylic acids is 1. The Morgan fingerprint density at radius 2 is 1.22 bits per heavy atom. The van der Waals surface area contributed by atoms with Crippen LogP contribution in [0.3, 0.4) is 0 Å². The maximum atomic E-state index is 13.0. The summed E-state index contributed by atoms with van der Waals surface area (Å²) in [6, 6.07) is 23.8. The maximum absolute atomic E-state index is 13.0. The number of benzene rings is 4. The number of rotatable bonds is 1. The highest BCUT2D eigenvalue weighted by Crippen LogP contribution is 2.49. The van der Waals surface area contributed by atoms with Gasteiger partial charge in [0.2, 0.25) is 5.60 Å². The zero-order chi connectivity index (χ0) is 18.6. The van der Waals surface area contributed by atoms with Gasteiger partial charge in [-0.05, 0) is 24.6 Å². The van der Waals surface area contributed by atoms with E-state index in [0.29, 0.717) is 11.5 Å². The molecule has 3 heteroatoms. The van der Waals surface area contributed by atoms with Crippen LogP contribution in [0.1, 0.15) is 18.1 Å². The van der Waals surface area contributed by atoms with E-state index in [-0.39, 0.29) is 0 Å². The van der Waals surface area contributed by atoms with Crippen LogP contribution in [0.5, 0.6) is 11.5 Å². The first-order valence-corrected chi connectivity index (χ1v) is 9.00. The van der Waals surface area contributed by atoms with Crippen LogP contribution >= 0.6 is 0 Å². The SMILES string of the molecule is Cc1ccc([C@@]2(C)Oc3c(c4ccccc4c4ccccc34)OC2=O)cc1. The Morgan fingerprint density at radius 3 is 1.81 bits per heavy atom. The van der Waals surface area contributed by atoms with Gasteiger partial charge in [0.25, 0.3) is 0 Å². The molecule has 27 heavy (non-hydrogen) atoms. The molecule has 1 heterocycles. The Hall–Kier alpha value is -3.33. The predicted octanol–water partition coefficient (Wildman–Crippen LogP) is 5.51. The summed E-state index contributed by atoms with van der Waals surface area (Å²) in [6.45, 7) is 3.79. The fourth-order valence-corrected chi connectivity index (χ4v) is 3.76. The van der Waals surface area contributed by atoms with E-state index in [2.05, 4.69) is 6.07 Å². The summed E-state index contributed by atoms with van der Waals surface area (Å²) in [5.41, 5.74) is 0.718. The Kier molecular flexibility index (Phi) is 3.28. The van der Waals surface area contributed by atoms with Gasteiger partial charge in [0, 0.05) is 16.3 Å². The third kappa shape index (κ3) is 2.25. The fraction of sp³-hybridized carbons (Fsp3) is 0.125. The number of hydrogen-bond acceptors (Lipinski definition) is 3. The van der Waals surface area contributed by atoms with Crippen LogP contribution in [0, 0.1) is 6.92 Å². The first-order valence-electron chi connectivity index (χ1n) is 9.00. The molecular weight excluding hydrogens is 336 g/mol. The van der Waals surface area contributed by atoms with E-state index < -0.39 is 11.6 Å². The molecule has 0 N–H and O–H groups in total. The molecule has 0 saturated carbocycles. The number of hydrogen-bond donors (Lipinski definition) is 0. The van der Waals surface area contributed by atoms with Crippen molar-refractivity contribution in [2.24, 2.45) is 0 Å². The highest BCUT2D eigenvalue weighted by Gasteiger charge is 2.45. The zero-order valence-electron chi connectivity index (χ0n) is 15.2. The summed E-state index contributed by atoms with van der Waals surface area (Å²) in [6.07, 6.45) is 0. The van der Waals surface area contributed by atoms with Crippen LogP contribution in [0.4, 0.5) is 0 Å². The van der Waals surface area contributed by atoms with Crippen LogP contribution in [-0.2, 0) is 10.4 Å².